The van der Waals surface area contributed by atoms with Crippen LogP contribution in [0, 0.1) is 4.77 Å². The molecule has 1 aliphatic carbocycles. The molecule has 0 atom stereocenters. The lowest BCUT2D eigenvalue weighted by molar-refractivity contribution is 0.343. The lowest BCUT2D eigenvalue weighted by atomic mass is 10.3. The summed E-state index contributed by atoms with van der Waals surface area (Å²) in [5.74, 6) is 0.888. The van der Waals surface area contributed by atoms with Gasteiger partial charge in [0.1, 0.15) is 11.3 Å². The Morgan fingerprint density at radius 2 is 2.26 bits per heavy atom. The van der Waals surface area contributed by atoms with Crippen molar-refractivity contribution in [2.45, 2.75) is 31.1 Å². The molecule has 0 amide bonds. The Labute approximate surface area is 122 Å². The van der Waals surface area contributed by atoms with Crippen LogP contribution in [0.3, 0.4) is 0 Å². The van der Waals surface area contributed by atoms with Gasteiger partial charge in [-0.15, -0.1) is 0 Å². The average Bonchev–Trinajstić information content (AvgIpc) is 3.12. The highest BCUT2D eigenvalue weighted by atomic mass is 32.2. The van der Waals surface area contributed by atoms with Crippen molar-refractivity contribution in [3.8, 4) is 5.75 Å². The summed E-state index contributed by atoms with van der Waals surface area (Å²) in [7, 11) is 0. The van der Waals surface area contributed by atoms with Gasteiger partial charge in [0.05, 0.1) is 12.1 Å². The molecule has 1 N–H and O–H groups in total. The van der Waals surface area contributed by atoms with E-state index in [-0.39, 0.29) is 0 Å². The molecule has 0 aliphatic heterocycles. The van der Waals surface area contributed by atoms with E-state index in [4.69, 9.17) is 17.0 Å². The van der Waals surface area contributed by atoms with Gasteiger partial charge in [-0.25, -0.2) is 0 Å². The van der Waals surface area contributed by atoms with Crippen LogP contribution in [0.25, 0.3) is 11.0 Å². The van der Waals surface area contributed by atoms with Gasteiger partial charge in [0.2, 0.25) is 0 Å². The number of nitrogens with one attached hydrogen (secondary N) is 1. The SMILES string of the molecule is CCOc1cccc2c1[nH]c(=S)n2CC1(SC)CC1. The van der Waals surface area contributed by atoms with Gasteiger partial charge in [-0.3, -0.25) is 0 Å². The van der Waals surface area contributed by atoms with Crippen LogP contribution in [0.2, 0.25) is 0 Å². The first kappa shape index (κ1) is 13.1. The summed E-state index contributed by atoms with van der Waals surface area (Å²) in [4.78, 5) is 3.30. The highest BCUT2D eigenvalue weighted by Crippen LogP contribution is 2.49. The number of H-pyrrole nitrogens is 1. The molecule has 1 aromatic carbocycles. The summed E-state index contributed by atoms with van der Waals surface area (Å²) >= 11 is 7.44. The molecule has 0 spiro atoms. The number of rotatable bonds is 5. The molecule has 1 saturated carbocycles. The van der Waals surface area contributed by atoms with Crippen molar-refractivity contribution in [1.82, 2.24) is 9.55 Å². The van der Waals surface area contributed by atoms with Crippen molar-refractivity contribution >= 4 is 35.0 Å². The quantitative estimate of drug-likeness (QED) is 0.846. The minimum atomic E-state index is 0.398. The predicted molar refractivity (Wildman–Crippen MR) is 83.8 cm³/mol. The number of hydrogen-bond acceptors (Lipinski definition) is 3. The second-order valence-electron chi connectivity index (χ2n) is 4.99. The van der Waals surface area contributed by atoms with Crippen LogP contribution in [-0.4, -0.2) is 27.2 Å². The Kier molecular flexibility index (Phi) is 3.35. The average molecular weight is 294 g/mol. The summed E-state index contributed by atoms with van der Waals surface area (Å²) < 4.78 is 9.07. The van der Waals surface area contributed by atoms with E-state index in [1.165, 1.54) is 12.8 Å². The highest BCUT2D eigenvalue weighted by Gasteiger charge is 2.42. The third-order valence-corrected chi connectivity index (χ3v) is 5.48. The number of fused-ring (bicyclic) bond motifs is 1. The minimum Gasteiger partial charge on any atom is -0.492 e. The summed E-state index contributed by atoms with van der Waals surface area (Å²) in [6.07, 6.45) is 4.76. The molecule has 0 saturated heterocycles. The number of para-hydroxylation sites is 1. The van der Waals surface area contributed by atoms with E-state index in [9.17, 15) is 0 Å². The molecule has 1 aromatic heterocycles. The Hall–Kier alpha value is -0.940. The summed E-state index contributed by atoms with van der Waals surface area (Å²) in [5, 5.41) is 0. The molecule has 0 unspecified atom stereocenters. The summed E-state index contributed by atoms with van der Waals surface area (Å²) in [6, 6.07) is 6.13. The number of hydrogen-bond donors (Lipinski definition) is 1. The lowest BCUT2D eigenvalue weighted by Gasteiger charge is -2.13. The number of aromatic nitrogens is 2. The van der Waals surface area contributed by atoms with Gasteiger partial charge in [0, 0.05) is 11.3 Å². The van der Waals surface area contributed by atoms with Crippen LogP contribution in [-0.2, 0) is 6.54 Å². The van der Waals surface area contributed by atoms with Gasteiger partial charge in [-0.2, -0.15) is 11.8 Å². The first-order chi connectivity index (χ1) is 9.19. The maximum atomic E-state index is 5.66. The van der Waals surface area contributed by atoms with Crippen molar-refractivity contribution in [2.75, 3.05) is 12.9 Å². The Morgan fingerprint density at radius 1 is 1.47 bits per heavy atom. The number of thioether (sulfide) groups is 1. The Bertz CT molecular complexity index is 655. The van der Waals surface area contributed by atoms with E-state index in [0.29, 0.717) is 11.4 Å². The Balaban J connectivity index is 2.07. The van der Waals surface area contributed by atoms with E-state index < -0.39 is 0 Å². The standard InChI is InChI=1S/C14H18N2OS2/c1-3-17-11-6-4-5-10-12(11)15-13(18)16(10)9-14(19-2)7-8-14/h4-6H,3,7-9H2,1-2H3,(H,15,18). The van der Waals surface area contributed by atoms with Crippen LogP contribution in [0.1, 0.15) is 19.8 Å². The molecular formula is C14H18N2OS2. The Morgan fingerprint density at radius 3 is 2.89 bits per heavy atom. The van der Waals surface area contributed by atoms with Crippen molar-refractivity contribution in [1.29, 1.82) is 0 Å². The van der Waals surface area contributed by atoms with Crippen molar-refractivity contribution in [3.05, 3.63) is 23.0 Å². The van der Waals surface area contributed by atoms with Gasteiger partial charge in [-0.1, -0.05) is 6.07 Å². The largest absolute Gasteiger partial charge is 0.492 e. The zero-order valence-corrected chi connectivity index (χ0v) is 12.9. The number of aromatic amines is 1. The molecule has 0 radical (unpaired) electrons. The zero-order chi connectivity index (χ0) is 13.5. The fraction of sp³-hybridized carbons (Fsp3) is 0.500. The first-order valence-corrected chi connectivity index (χ1v) is 8.22. The van der Waals surface area contributed by atoms with Crippen molar-refractivity contribution in [3.63, 3.8) is 0 Å². The monoisotopic (exact) mass is 294 g/mol. The molecule has 1 heterocycles. The summed E-state index contributed by atoms with van der Waals surface area (Å²) in [5.41, 5.74) is 2.17. The topological polar surface area (TPSA) is 29.9 Å². The molecule has 19 heavy (non-hydrogen) atoms. The number of ether oxygens (including phenoxy) is 1. The zero-order valence-electron chi connectivity index (χ0n) is 11.2. The number of benzene rings is 1. The molecule has 0 bridgehead atoms. The van der Waals surface area contributed by atoms with Crippen LogP contribution in [0.4, 0.5) is 0 Å². The van der Waals surface area contributed by atoms with Gasteiger partial charge >= 0.3 is 0 Å². The van der Waals surface area contributed by atoms with Crippen LogP contribution < -0.4 is 4.74 Å². The smallest absolute Gasteiger partial charge is 0.178 e. The van der Waals surface area contributed by atoms with Gasteiger partial charge in [0.15, 0.2) is 4.77 Å². The highest BCUT2D eigenvalue weighted by molar-refractivity contribution is 8.00. The molecule has 5 heteroatoms. The lowest BCUT2D eigenvalue weighted by Crippen LogP contribution is -2.13. The molecule has 3 rings (SSSR count). The van der Waals surface area contributed by atoms with E-state index in [0.717, 1.165) is 28.1 Å². The molecule has 2 aromatic rings. The molecule has 1 aliphatic rings. The maximum absolute atomic E-state index is 5.66. The third kappa shape index (κ3) is 2.30. The van der Waals surface area contributed by atoms with Gasteiger partial charge < -0.3 is 14.3 Å². The van der Waals surface area contributed by atoms with E-state index in [1.807, 2.05) is 30.8 Å². The van der Waals surface area contributed by atoms with Gasteiger partial charge in [-0.05, 0) is 50.4 Å². The molecule has 1 fully saturated rings. The fourth-order valence-electron chi connectivity index (χ4n) is 2.44. The molecular weight excluding hydrogens is 276 g/mol. The molecule has 102 valence electrons. The van der Waals surface area contributed by atoms with Crippen molar-refractivity contribution < 1.29 is 4.74 Å². The third-order valence-electron chi connectivity index (χ3n) is 3.76. The van der Waals surface area contributed by atoms with E-state index >= 15 is 0 Å². The van der Waals surface area contributed by atoms with Gasteiger partial charge in [0.25, 0.3) is 0 Å². The number of imidazole rings is 1. The fourth-order valence-corrected chi connectivity index (χ4v) is 3.47. The predicted octanol–water partition coefficient (Wildman–Crippen LogP) is 3.99. The summed E-state index contributed by atoms with van der Waals surface area (Å²) in [6.45, 7) is 3.65. The van der Waals surface area contributed by atoms with Crippen LogP contribution in [0.15, 0.2) is 18.2 Å². The minimum absolute atomic E-state index is 0.398. The van der Waals surface area contributed by atoms with Crippen LogP contribution >= 0.6 is 24.0 Å². The second kappa shape index (κ2) is 4.87. The van der Waals surface area contributed by atoms with Crippen LogP contribution in [0.5, 0.6) is 5.75 Å². The number of nitrogens with zero attached hydrogens (tertiary/aromatic N) is 1. The van der Waals surface area contributed by atoms with Crippen molar-refractivity contribution in [2.24, 2.45) is 0 Å². The normalized spacial score (nSPS) is 16.7. The maximum Gasteiger partial charge on any atom is 0.178 e. The molecule has 3 nitrogen and oxygen atoms in total. The van der Waals surface area contributed by atoms with E-state index in [1.54, 1.807) is 0 Å². The first-order valence-electron chi connectivity index (χ1n) is 6.58. The second-order valence-corrected chi connectivity index (χ2v) is 6.65. The van der Waals surface area contributed by atoms with E-state index in [2.05, 4.69) is 21.9 Å².